The summed E-state index contributed by atoms with van der Waals surface area (Å²) in [4.78, 5) is 17.3. The first-order valence-electron chi connectivity index (χ1n) is 9.59. The van der Waals surface area contributed by atoms with Gasteiger partial charge in [0.05, 0.1) is 13.5 Å². The topological polar surface area (TPSA) is 44.8 Å². The predicted molar refractivity (Wildman–Crippen MR) is 111 cm³/mol. The molecule has 3 rings (SSSR count). The first kappa shape index (κ1) is 19.2. The highest BCUT2D eigenvalue weighted by molar-refractivity contribution is 5.93. The van der Waals surface area contributed by atoms with Crippen LogP contribution in [0.5, 0.6) is 5.75 Å². The minimum atomic E-state index is -0.00687. The number of hydrogen-bond acceptors (Lipinski definition) is 4. The van der Waals surface area contributed by atoms with Crippen LogP contribution >= 0.6 is 0 Å². The van der Waals surface area contributed by atoms with Gasteiger partial charge in [-0.2, -0.15) is 0 Å². The SMILES string of the molecule is CCN1CCN(c2ccc(NC(=O)Cc3ccc(OC)cc3)c(C)c2)CC1. The molecule has 1 saturated heterocycles. The van der Waals surface area contributed by atoms with Crippen molar-refractivity contribution in [3.8, 4) is 5.75 Å². The van der Waals surface area contributed by atoms with E-state index in [4.69, 9.17) is 4.74 Å². The average molecular weight is 367 g/mol. The van der Waals surface area contributed by atoms with E-state index in [1.54, 1.807) is 7.11 Å². The van der Waals surface area contributed by atoms with E-state index in [-0.39, 0.29) is 5.91 Å². The zero-order chi connectivity index (χ0) is 19.2. The number of nitrogens with one attached hydrogen (secondary N) is 1. The van der Waals surface area contributed by atoms with Gasteiger partial charge in [0.1, 0.15) is 5.75 Å². The van der Waals surface area contributed by atoms with Crippen molar-refractivity contribution in [1.82, 2.24) is 4.90 Å². The van der Waals surface area contributed by atoms with Crippen molar-refractivity contribution < 1.29 is 9.53 Å². The Morgan fingerprint density at radius 1 is 1.07 bits per heavy atom. The molecule has 1 amide bonds. The van der Waals surface area contributed by atoms with E-state index in [2.05, 4.69) is 41.1 Å². The second-order valence-electron chi connectivity index (χ2n) is 6.99. The highest BCUT2D eigenvalue weighted by atomic mass is 16.5. The zero-order valence-electron chi connectivity index (χ0n) is 16.5. The van der Waals surface area contributed by atoms with E-state index >= 15 is 0 Å². The van der Waals surface area contributed by atoms with Crippen molar-refractivity contribution in [3.05, 3.63) is 53.6 Å². The number of methoxy groups -OCH3 is 1. The van der Waals surface area contributed by atoms with E-state index in [9.17, 15) is 4.79 Å². The van der Waals surface area contributed by atoms with Gasteiger partial charge >= 0.3 is 0 Å². The maximum atomic E-state index is 12.4. The summed E-state index contributed by atoms with van der Waals surface area (Å²) in [5, 5.41) is 3.04. The number of benzene rings is 2. The lowest BCUT2D eigenvalue weighted by Crippen LogP contribution is -2.46. The lowest BCUT2D eigenvalue weighted by atomic mass is 10.1. The number of rotatable bonds is 6. The molecule has 0 aliphatic carbocycles. The van der Waals surface area contributed by atoms with Crippen molar-refractivity contribution in [2.45, 2.75) is 20.3 Å². The van der Waals surface area contributed by atoms with Crippen LogP contribution < -0.4 is 15.0 Å². The molecular formula is C22H29N3O2. The van der Waals surface area contributed by atoms with Crippen LogP contribution in [0, 0.1) is 6.92 Å². The molecule has 0 atom stereocenters. The van der Waals surface area contributed by atoms with Crippen LogP contribution in [0.1, 0.15) is 18.1 Å². The highest BCUT2D eigenvalue weighted by Crippen LogP contribution is 2.24. The van der Waals surface area contributed by atoms with E-state index in [0.717, 1.165) is 55.3 Å². The van der Waals surface area contributed by atoms with Gasteiger partial charge in [-0.15, -0.1) is 0 Å². The molecule has 5 nitrogen and oxygen atoms in total. The standard InChI is InChI=1S/C22H29N3O2/c1-4-24-11-13-25(14-12-24)19-7-10-21(17(2)15-19)23-22(26)16-18-5-8-20(27-3)9-6-18/h5-10,15H,4,11-14,16H2,1-3H3,(H,23,26). The van der Waals surface area contributed by atoms with Gasteiger partial charge in [0.15, 0.2) is 0 Å². The van der Waals surface area contributed by atoms with Gasteiger partial charge in [0, 0.05) is 37.6 Å². The molecule has 0 radical (unpaired) electrons. The molecule has 0 saturated carbocycles. The fourth-order valence-electron chi connectivity index (χ4n) is 3.43. The van der Waals surface area contributed by atoms with Gasteiger partial charge in [-0.1, -0.05) is 19.1 Å². The first-order valence-corrected chi connectivity index (χ1v) is 9.59. The van der Waals surface area contributed by atoms with Gasteiger partial charge in [-0.3, -0.25) is 4.79 Å². The minimum absolute atomic E-state index is 0.00687. The van der Waals surface area contributed by atoms with Crippen LogP contribution in [0.4, 0.5) is 11.4 Å². The Balaban J connectivity index is 1.59. The number of piperazine rings is 1. The Morgan fingerprint density at radius 2 is 1.78 bits per heavy atom. The summed E-state index contributed by atoms with van der Waals surface area (Å²) >= 11 is 0. The summed E-state index contributed by atoms with van der Waals surface area (Å²) in [6.07, 6.45) is 0.351. The zero-order valence-corrected chi connectivity index (χ0v) is 16.5. The minimum Gasteiger partial charge on any atom is -0.497 e. The number of hydrogen-bond donors (Lipinski definition) is 1. The number of carbonyl (C=O) groups excluding carboxylic acids is 1. The molecule has 144 valence electrons. The van der Waals surface area contributed by atoms with Gasteiger partial charge in [-0.05, 0) is 54.9 Å². The molecule has 2 aromatic carbocycles. The number of amides is 1. The molecule has 1 N–H and O–H groups in total. The summed E-state index contributed by atoms with van der Waals surface area (Å²) in [5.74, 6) is 0.790. The summed E-state index contributed by atoms with van der Waals surface area (Å²) in [7, 11) is 1.64. The normalized spacial score (nSPS) is 14.9. The van der Waals surface area contributed by atoms with Crippen molar-refractivity contribution >= 4 is 17.3 Å². The fourth-order valence-corrected chi connectivity index (χ4v) is 3.43. The smallest absolute Gasteiger partial charge is 0.228 e. The average Bonchev–Trinajstić information content (AvgIpc) is 2.70. The van der Waals surface area contributed by atoms with Crippen LogP contribution in [0.2, 0.25) is 0 Å². The van der Waals surface area contributed by atoms with Gasteiger partial charge in [0.25, 0.3) is 0 Å². The second-order valence-corrected chi connectivity index (χ2v) is 6.99. The maximum absolute atomic E-state index is 12.4. The monoisotopic (exact) mass is 367 g/mol. The van der Waals surface area contributed by atoms with Crippen LogP contribution in [-0.4, -0.2) is 50.6 Å². The van der Waals surface area contributed by atoms with Crippen LogP contribution in [0.3, 0.4) is 0 Å². The lowest BCUT2D eigenvalue weighted by molar-refractivity contribution is -0.115. The third-order valence-corrected chi connectivity index (χ3v) is 5.19. The van der Waals surface area contributed by atoms with Crippen molar-refractivity contribution in [3.63, 3.8) is 0 Å². The molecule has 1 heterocycles. The molecule has 1 fully saturated rings. The molecule has 1 aliphatic heterocycles. The number of likely N-dealkylation sites (N-methyl/N-ethyl adjacent to an activating group) is 1. The van der Waals surface area contributed by atoms with Gasteiger partial charge < -0.3 is 19.9 Å². The number of nitrogens with zero attached hydrogens (tertiary/aromatic N) is 2. The maximum Gasteiger partial charge on any atom is 0.228 e. The van der Waals surface area contributed by atoms with Crippen molar-refractivity contribution in [2.24, 2.45) is 0 Å². The summed E-state index contributed by atoms with van der Waals surface area (Å²) < 4.78 is 5.15. The largest absolute Gasteiger partial charge is 0.497 e. The van der Waals surface area contributed by atoms with Crippen molar-refractivity contribution in [2.75, 3.05) is 50.1 Å². The second kappa shape index (κ2) is 8.91. The number of ether oxygens (including phenoxy) is 1. The fraction of sp³-hybridized carbons (Fsp3) is 0.409. The molecule has 0 spiro atoms. The third-order valence-electron chi connectivity index (χ3n) is 5.19. The Labute approximate surface area is 161 Å². The van der Waals surface area contributed by atoms with Crippen LogP contribution in [0.25, 0.3) is 0 Å². The third kappa shape index (κ3) is 5.01. The van der Waals surface area contributed by atoms with E-state index in [1.165, 1.54) is 5.69 Å². The van der Waals surface area contributed by atoms with Gasteiger partial charge in [-0.25, -0.2) is 0 Å². The molecule has 1 aliphatic rings. The molecule has 0 bridgehead atoms. The molecule has 27 heavy (non-hydrogen) atoms. The van der Waals surface area contributed by atoms with E-state index in [0.29, 0.717) is 6.42 Å². The first-order chi connectivity index (χ1) is 13.1. The summed E-state index contributed by atoms with van der Waals surface area (Å²) in [5.41, 5.74) is 4.17. The molecular weight excluding hydrogens is 338 g/mol. The number of carbonyl (C=O) groups is 1. The summed E-state index contributed by atoms with van der Waals surface area (Å²) in [6, 6.07) is 13.9. The van der Waals surface area contributed by atoms with Gasteiger partial charge in [0.2, 0.25) is 5.91 Å². The Kier molecular flexibility index (Phi) is 6.35. The van der Waals surface area contributed by atoms with Crippen molar-refractivity contribution in [1.29, 1.82) is 0 Å². The molecule has 0 aromatic heterocycles. The van der Waals surface area contributed by atoms with E-state index < -0.39 is 0 Å². The molecule has 0 unspecified atom stereocenters. The number of aryl methyl sites for hydroxylation is 1. The number of anilines is 2. The predicted octanol–water partition coefficient (Wildman–Crippen LogP) is 3.33. The molecule has 5 heteroatoms. The quantitative estimate of drug-likeness (QED) is 0.851. The van der Waals surface area contributed by atoms with Crippen LogP contribution in [-0.2, 0) is 11.2 Å². The van der Waals surface area contributed by atoms with E-state index in [1.807, 2.05) is 30.3 Å². The lowest BCUT2D eigenvalue weighted by Gasteiger charge is -2.35. The Bertz CT molecular complexity index is 766. The Hall–Kier alpha value is -2.53. The van der Waals surface area contributed by atoms with Crippen LogP contribution in [0.15, 0.2) is 42.5 Å². The highest BCUT2D eigenvalue weighted by Gasteiger charge is 2.16. The molecule has 2 aromatic rings. The summed E-state index contributed by atoms with van der Waals surface area (Å²) in [6.45, 7) is 9.70. The Morgan fingerprint density at radius 3 is 2.37 bits per heavy atom.